The Balaban J connectivity index is 0.00000200. The highest BCUT2D eigenvalue weighted by Gasteiger charge is 2.29. The highest BCUT2D eigenvalue weighted by Crippen LogP contribution is 2.31. The Kier molecular flexibility index (Phi) is 5.20. The Morgan fingerprint density at radius 2 is 2.15 bits per heavy atom. The van der Waals surface area contributed by atoms with Crippen molar-refractivity contribution in [3.8, 4) is 0 Å². The van der Waals surface area contributed by atoms with Crippen LogP contribution in [0.2, 0.25) is 0 Å². The van der Waals surface area contributed by atoms with E-state index in [1.54, 1.807) is 7.05 Å². The van der Waals surface area contributed by atoms with Gasteiger partial charge in [0.1, 0.15) is 10.6 Å². The van der Waals surface area contributed by atoms with Crippen molar-refractivity contribution < 1.29 is 13.2 Å². The molecular weight excluding hydrogens is 304 g/mol. The second kappa shape index (κ2) is 6.13. The molecule has 0 spiro atoms. The minimum absolute atomic E-state index is 0. The summed E-state index contributed by atoms with van der Waals surface area (Å²) in [6, 6.07) is 1.10. The summed E-state index contributed by atoms with van der Waals surface area (Å²) in [5.74, 6) is -0.252. The van der Waals surface area contributed by atoms with E-state index < -0.39 is 15.9 Å². The van der Waals surface area contributed by atoms with Crippen molar-refractivity contribution in [3.63, 3.8) is 0 Å². The van der Waals surface area contributed by atoms with Crippen molar-refractivity contribution in [3.05, 3.63) is 18.0 Å². The highest BCUT2D eigenvalue weighted by molar-refractivity contribution is 7.89. The zero-order chi connectivity index (χ0) is 14.2. The van der Waals surface area contributed by atoms with Gasteiger partial charge in [-0.1, -0.05) is 0 Å². The Morgan fingerprint density at radius 3 is 2.60 bits per heavy atom. The van der Waals surface area contributed by atoms with Gasteiger partial charge >= 0.3 is 0 Å². The first-order valence-corrected chi connectivity index (χ1v) is 7.51. The number of nitrogens with zero attached hydrogens (tertiary/aromatic N) is 1. The lowest BCUT2D eigenvalue weighted by Gasteiger charge is -2.11. The van der Waals surface area contributed by atoms with Gasteiger partial charge in [-0.15, -0.1) is 12.4 Å². The fourth-order valence-electron chi connectivity index (χ4n) is 1.91. The average Bonchev–Trinajstić information content (AvgIpc) is 3.08. The summed E-state index contributed by atoms with van der Waals surface area (Å²) in [4.78, 5) is 11.1. The van der Waals surface area contributed by atoms with Crippen molar-refractivity contribution in [2.24, 2.45) is 24.4 Å². The molecule has 5 N–H and O–H groups in total. The number of carbonyl (C=O) groups excluding carboxylic acids is 1. The SMILES string of the molecule is Cl.Cn1cc(S(=O)(=O)NCC(N)C2CC2)cc1C(N)=O. The standard InChI is InChI=1S/C11H18N4O3S.ClH/c1-15-6-8(4-10(15)11(13)16)19(17,18)14-5-9(12)7-2-3-7;/h4,6-7,9,14H,2-3,5,12H2,1H3,(H2,13,16);1H. The number of hydrogen-bond acceptors (Lipinski definition) is 4. The van der Waals surface area contributed by atoms with Crippen LogP contribution in [0.25, 0.3) is 0 Å². The number of aryl methyl sites for hydroxylation is 1. The molecule has 1 amide bonds. The van der Waals surface area contributed by atoms with Gasteiger partial charge in [-0.25, -0.2) is 13.1 Å². The molecule has 1 aliphatic rings. The minimum atomic E-state index is -3.65. The van der Waals surface area contributed by atoms with Gasteiger partial charge in [-0.2, -0.15) is 0 Å². The number of primary amides is 1. The minimum Gasteiger partial charge on any atom is -0.364 e. The van der Waals surface area contributed by atoms with Crippen molar-refractivity contribution in [2.45, 2.75) is 23.8 Å². The average molecular weight is 323 g/mol. The first kappa shape index (κ1) is 17.0. The van der Waals surface area contributed by atoms with Crippen molar-refractivity contribution in [1.82, 2.24) is 9.29 Å². The molecule has 114 valence electrons. The van der Waals surface area contributed by atoms with Crippen LogP contribution in [0.3, 0.4) is 0 Å². The molecular formula is C11H19ClN4O3S. The molecule has 1 aliphatic carbocycles. The third-order valence-electron chi connectivity index (χ3n) is 3.28. The summed E-state index contributed by atoms with van der Waals surface area (Å²) in [6.07, 6.45) is 3.46. The number of sulfonamides is 1. The maximum Gasteiger partial charge on any atom is 0.265 e. The molecule has 1 heterocycles. The number of nitrogens with two attached hydrogens (primary N) is 2. The lowest BCUT2D eigenvalue weighted by Crippen LogP contribution is -2.38. The number of aromatic nitrogens is 1. The molecule has 1 saturated carbocycles. The quantitative estimate of drug-likeness (QED) is 0.657. The number of nitrogens with one attached hydrogen (secondary N) is 1. The van der Waals surface area contributed by atoms with Crippen LogP contribution in [0, 0.1) is 5.92 Å². The zero-order valence-corrected chi connectivity index (χ0v) is 12.7. The number of hydrogen-bond donors (Lipinski definition) is 3. The molecule has 0 radical (unpaired) electrons. The summed E-state index contributed by atoms with van der Waals surface area (Å²) in [7, 11) is -2.09. The number of halogens is 1. The first-order chi connectivity index (χ1) is 8.81. The fourth-order valence-corrected chi connectivity index (χ4v) is 3.05. The number of carbonyl (C=O) groups is 1. The first-order valence-electron chi connectivity index (χ1n) is 6.02. The van der Waals surface area contributed by atoms with E-state index in [4.69, 9.17) is 11.5 Å². The van der Waals surface area contributed by atoms with Crippen molar-refractivity contribution in [1.29, 1.82) is 0 Å². The molecule has 1 atom stereocenters. The maximum atomic E-state index is 12.0. The third-order valence-corrected chi connectivity index (χ3v) is 4.67. The summed E-state index contributed by atoms with van der Waals surface area (Å²) < 4.78 is 27.9. The smallest absolute Gasteiger partial charge is 0.265 e. The molecule has 0 aliphatic heterocycles. The van der Waals surface area contributed by atoms with Crippen molar-refractivity contribution in [2.75, 3.05) is 6.54 Å². The van der Waals surface area contributed by atoms with E-state index in [1.165, 1.54) is 16.8 Å². The molecule has 1 aromatic heterocycles. The molecule has 0 aromatic carbocycles. The number of amides is 1. The van der Waals surface area contributed by atoms with Crippen LogP contribution < -0.4 is 16.2 Å². The molecule has 0 bridgehead atoms. The summed E-state index contributed by atoms with van der Waals surface area (Å²) in [5, 5.41) is 0. The molecule has 7 nitrogen and oxygen atoms in total. The largest absolute Gasteiger partial charge is 0.364 e. The third kappa shape index (κ3) is 3.72. The Morgan fingerprint density at radius 1 is 1.55 bits per heavy atom. The van der Waals surface area contributed by atoms with Gasteiger partial charge in [0, 0.05) is 25.8 Å². The zero-order valence-electron chi connectivity index (χ0n) is 11.1. The van der Waals surface area contributed by atoms with Gasteiger partial charge < -0.3 is 16.0 Å². The normalized spacial score (nSPS) is 16.5. The van der Waals surface area contributed by atoms with E-state index in [1.807, 2.05) is 0 Å². The molecule has 1 unspecified atom stereocenters. The molecule has 1 aromatic rings. The molecule has 0 saturated heterocycles. The summed E-state index contributed by atoms with van der Waals surface area (Å²) >= 11 is 0. The summed E-state index contributed by atoms with van der Waals surface area (Å²) in [6.45, 7) is 0.202. The maximum absolute atomic E-state index is 12.0. The van der Waals surface area contributed by atoms with Gasteiger partial charge in [0.25, 0.3) is 5.91 Å². The van der Waals surface area contributed by atoms with Crippen LogP contribution in [0.5, 0.6) is 0 Å². The van der Waals surface area contributed by atoms with Crippen LogP contribution in [-0.4, -0.2) is 31.5 Å². The topological polar surface area (TPSA) is 120 Å². The van der Waals surface area contributed by atoms with Gasteiger partial charge in [0.15, 0.2) is 0 Å². The number of rotatable bonds is 6. The van der Waals surface area contributed by atoms with E-state index in [0.29, 0.717) is 5.92 Å². The van der Waals surface area contributed by atoms with Crippen LogP contribution in [0.4, 0.5) is 0 Å². The van der Waals surface area contributed by atoms with Gasteiger partial charge in [0.2, 0.25) is 10.0 Å². The monoisotopic (exact) mass is 322 g/mol. The Labute approximate surface area is 124 Å². The summed E-state index contributed by atoms with van der Waals surface area (Å²) in [5.41, 5.74) is 11.1. The van der Waals surface area contributed by atoms with Crippen LogP contribution in [0.1, 0.15) is 23.3 Å². The van der Waals surface area contributed by atoms with Gasteiger partial charge in [-0.05, 0) is 24.8 Å². The predicted molar refractivity (Wildman–Crippen MR) is 77.1 cm³/mol. The van der Waals surface area contributed by atoms with Gasteiger partial charge in [-0.3, -0.25) is 4.79 Å². The molecule has 1 fully saturated rings. The van der Waals surface area contributed by atoms with Crippen LogP contribution in [-0.2, 0) is 17.1 Å². The van der Waals surface area contributed by atoms with Crippen LogP contribution in [0.15, 0.2) is 17.2 Å². The van der Waals surface area contributed by atoms with Crippen LogP contribution >= 0.6 is 12.4 Å². The Hall–Kier alpha value is -1.09. The lowest BCUT2D eigenvalue weighted by molar-refractivity contribution is 0.0992. The van der Waals surface area contributed by atoms with E-state index in [9.17, 15) is 13.2 Å². The van der Waals surface area contributed by atoms with E-state index in [0.717, 1.165) is 12.8 Å². The Bertz CT molecular complexity index is 595. The predicted octanol–water partition coefficient (Wildman–Crippen LogP) is -0.439. The van der Waals surface area contributed by atoms with E-state index in [-0.39, 0.29) is 35.6 Å². The lowest BCUT2D eigenvalue weighted by atomic mass is 10.2. The second-order valence-electron chi connectivity index (χ2n) is 4.89. The highest BCUT2D eigenvalue weighted by atomic mass is 35.5. The van der Waals surface area contributed by atoms with Gasteiger partial charge in [0.05, 0.1) is 0 Å². The second-order valence-corrected chi connectivity index (χ2v) is 6.66. The molecule has 20 heavy (non-hydrogen) atoms. The van der Waals surface area contributed by atoms with E-state index >= 15 is 0 Å². The molecule has 2 rings (SSSR count). The molecule has 9 heteroatoms. The van der Waals surface area contributed by atoms with Crippen molar-refractivity contribution >= 4 is 28.3 Å². The van der Waals surface area contributed by atoms with E-state index in [2.05, 4.69) is 4.72 Å². The fraction of sp³-hybridized carbons (Fsp3) is 0.545.